The zero-order valence-electron chi connectivity index (χ0n) is 11.5. The zero-order valence-corrected chi connectivity index (χ0v) is 11.5. The number of aromatic nitrogens is 3. The van der Waals surface area contributed by atoms with Crippen LogP contribution in [0.25, 0.3) is 11.1 Å². The van der Waals surface area contributed by atoms with Crippen molar-refractivity contribution in [1.82, 2.24) is 14.9 Å². The van der Waals surface area contributed by atoms with Gasteiger partial charge in [-0.1, -0.05) is 35.5 Å². The third-order valence-corrected chi connectivity index (χ3v) is 2.94. The van der Waals surface area contributed by atoms with Crippen molar-refractivity contribution >= 4 is 11.7 Å². The van der Waals surface area contributed by atoms with Crippen LogP contribution in [-0.4, -0.2) is 20.8 Å². The number of amides is 1. The largest absolute Gasteiger partial charge is 0.360 e. The van der Waals surface area contributed by atoms with Gasteiger partial charge < -0.3 is 9.84 Å². The van der Waals surface area contributed by atoms with Gasteiger partial charge in [0.05, 0.1) is 6.20 Å². The molecule has 6 nitrogen and oxygen atoms in total. The van der Waals surface area contributed by atoms with Crippen LogP contribution in [0.5, 0.6) is 0 Å². The molecule has 3 aromatic rings. The molecule has 0 spiro atoms. The first-order chi connectivity index (χ1) is 10.2. The number of hydrogen-bond acceptors (Lipinski definition) is 4. The van der Waals surface area contributed by atoms with E-state index >= 15 is 0 Å². The molecule has 0 saturated carbocycles. The smallest absolute Gasteiger partial charge is 0.247 e. The first-order valence-electron chi connectivity index (χ1n) is 6.52. The SMILES string of the molecule is Cc1cc(NC(=O)Cn2cc(-c3ccccc3)cn2)no1. The van der Waals surface area contributed by atoms with E-state index < -0.39 is 0 Å². The number of nitrogens with one attached hydrogen (secondary N) is 1. The van der Waals surface area contributed by atoms with Crippen molar-refractivity contribution in [1.29, 1.82) is 0 Å². The highest BCUT2D eigenvalue weighted by Crippen LogP contribution is 2.17. The third-order valence-electron chi connectivity index (χ3n) is 2.94. The lowest BCUT2D eigenvalue weighted by Gasteiger charge is -2.01. The minimum absolute atomic E-state index is 0.124. The number of nitrogens with zero attached hydrogens (tertiary/aromatic N) is 3. The van der Waals surface area contributed by atoms with Gasteiger partial charge in [0.1, 0.15) is 12.3 Å². The van der Waals surface area contributed by atoms with Crippen LogP contribution < -0.4 is 5.32 Å². The summed E-state index contributed by atoms with van der Waals surface area (Å²) in [5, 5.41) is 10.6. The van der Waals surface area contributed by atoms with Gasteiger partial charge in [0.25, 0.3) is 0 Å². The molecule has 1 aromatic carbocycles. The van der Waals surface area contributed by atoms with Gasteiger partial charge in [-0.05, 0) is 12.5 Å². The number of aryl methyl sites for hydroxylation is 1. The minimum Gasteiger partial charge on any atom is -0.360 e. The van der Waals surface area contributed by atoms with E-state index in [-0.39, 0.29) is 12.5 Å². The number of anilines is 1. The number of carbonyl (C=O) groups excluding carboxylic acids is 1. The molecule has 0 saturated heterocycles. The summed E-state index contributed by atoms with van der Waals surface area (Å²) in [5.74, 6) is 0.856. The fourth-order valence-corrected chi connectivity index (χ4v) is 1.98. The van der Waals surface area contributed by atoms with Crippen molar-refractivity contribution in [2.24, 2.45) is 0 Å². The van der Waals surface area contributed by atoms with Crippen molar-refractivity contribution in [3.05, 3.63) is 54.6 Å². The van der Waals surface area contributed by atoms with E-state index in [9.17, 15) is 4.79 Å². The summed E-state index contributed by atoms with van der Waals surface area (Å²) in [6, 6.07) is 11.6. The minimum atomic E-state index is -0.203. The van der Waals surface area contributed by atoms with E-state index in [2.05, 4.69) is 15.6 Å². The molecule has 0 fully saturated rings. The molecule has 1 amide bonds. The van der Waals surface area contributed by atoms with Gasteiger partial charge in [0.15, 0.2) is 5.82 Å². The highest BCUT2D eigenvalue weighted by Gasteiger charge is 2.08. The maximum Gasteiger partial charge on any atom is 0.247 e. The summed E-state index contributed by atoms with van der Waals surface area (Å²) >= 11 is 0. The van der Waals surface area contributed by atoms with E-state index in [0.29, 0.717) is 11.6 Å². The van der Waals surface area contributed by atoms with Crippen molar-refractivity contribution < 1.29 is 9.32 Å². The Morgan fingerprint density at radius 2 is 2.10 bits per heavy atom. The second-order valence-electron chi connectivity index (χ2n) is 4.66. The predicted octanol–water partition coefficient (Wildman–Crippen LogP) is 2.49. The topological polar surface area (TPSA) is 73.0 Å². The average Bonchev–Trinajstić information content (AvgIpc) is 3.09. The molecule has 6 heteroatoms. The van der Waals surface area contributed by atoms with Gasteiger partial charge in [-0.2, -0.15) is 5.10 Å². The lowest BCUT2D eigenvalue weighted by atomic mass is 10.1. The summed E-state index contributed by atoms with van der Waals surface area (Å²) in [6.07, 6.45) is 3.58. The van der Waals surface area contributed by atoms with E-state index in [1.165, 1.54) is 0 Å². The Morgan fingerprint density at radius 1 is 1.29 bits per heavy atom. The Bertz CT molecular complexity index is 746. The number of hydrogen-bond donors (Lipinski definition) is 1. The summed E-state index contributed by atoms with van der Waals surface area (Å²) in [5.41, 5.74) is 2.04. The molecule has 3 rings (SSSR count). The highest BCUT2D eigenvalue weighted by atomic mass is 16.5. The third kappa shape index (κ3) is 3.17. The van der Waals surface area contributed by atoms with Crippen LogP contribution in [0.15, 0.2) is 53.3 Å². The Balaban J connectivity index is 1.66. The van der Waals surface area contributed by atoms with E-state index in [0.717, 1.165) is 11.1 Å². The quantitative estimate of drug-likeness (QED) is 0.798. The molecule has 0 radical (unpaired) electrons. The summed E-state index contributed by atoms with van der Waals surface area (Å²) < 4.78 is 6.48. The van der Waals surface area contributed by atoms with Gasteiger partial charge in [-0.3, -0.25) is 9.48 Å². The van der Waals surface area contributed by atoms with Gasteiger partial charge in [0.2, 0.25) is 5.91 Å². The monoisotopic (exact) mass is 282 g/mol. The summed E-state index contributed by atoms with van der Waals surface area (Å²) in [7, 11) is 0. The lowest BCUT2D eigenvalue weighted by molar-refractivity contribution is -0.116. The molecule has 106 valence electrons. The van der Waals surface area contributed by atoms with Crippen LogP contribution in [0.2, 0.25) is 0 Å². The van der Waals surface area contributed by atoms with Gasteiger partial charge >= 0.3 is 0 Å². The molecule has 2 heterocycles. The first kappa shape index (κ1) is 13.1. The van der Waals surface area contributed by atoms with E-state index in [1.807, 2.05) is 36.5 Å². The van der Waals surface area contributed by atoms with Crippen molar-refractivity contribution in [2.75, 3.05) is 5.32 Å². The number of benzene rings is 1. The Hall–Kier alpha value is -2.89. The molecule has 1 N–H and O–H groups in total. The van der Waals surface area contributed by atoms with Gasteiger partial charge in [-0.25, -0.2) is 0 Å². The van der Waals surface area contributed by atoms with Gasteiger partial charge in [0, 0.05) is 17.8 Å². The molecule has 0 aliphatic carbocycles. The van der Waals surface area contributed by atoms with Crippen LogP contribution in [0, 0.1) is 6.92 Å². The fourth-order valence-electron chi connectivity index (χ4n) is 1.98. The normalized spacial score (nSPS) is 10.5. The Kier molecular flexibility index (Phi) is 3.51. The van der Waals surface area contributed by atoms with Crippen LogP contribution >= 0.6 is 0 Å². The van der Waals surface area contributed by atoms with Crippen molar-refractivity contribution in [2.45, 2.75) is 13.5 Å². The second-order valence-corrected chi connectivity index (χ2v) is 4.66. The van der Waals surface area contributed by atoms with E-state index in [4.69, 9.17) is 4.52 Å². The molecular weight excluding hydrogens is 268 g/mol. The molecule has 21 heavy (non-hydrogen) atoms. The van der Waals surface area contributed by atoms with Crippen molar-refractivity contribution in [3.63, 3.8) is 0 Å². The zero-order chi connectivity index (χ0) is 14.7. The Morgan fingerprint density at radius 3 is 2.81 bits per heavy atom. The molecule has 0 unspecified atom stereocenters. The number of carbonyl (C=O) groups is 1. The molecular formula is C15H14N4O2. The maximum atomic E-state index is 11.9. The highest BCUT2D eigenvalue weighted by molar-refractivity contribution is 5.89. The predicted molar refractivity (Wildman–Crippen MR) is 77.5 cm³/mol. The molecule has 0 aliphatic heterocycles. The second kappa shape index (κ2) is 5.62. The fraction of sp³-hybridized carbons (Fsp3) is 0.133. The molecule has 0 atom stereocenters. The van der Waals surface area contributed by atoms with Crippen molar-refractivity contribution in [3.8, 4) is 11.1 Å². The maximum absolute atomic E-state index is 11.9. The van der Waals surface area contributed by atoms with Crippen LogP contribution in [-0.2, 0) is 11.3 Å². The van der Waals surface area contributed by atoms with E-state index in [1.54, 1.807) is 23.9 Å². The number of rotatable bonds is 4. The lowest BCUT2D eigenvalue weighted by Crippen LogP contribution is -2.19. The molecule has 2 aromatic heterocycles. The van der Waals surface area contributed by atoms with Gasteiger partial charge in [-0.15, -0.1) is 0 Å². The Labute approximate surface area is 121 Å². The molecule has 0 bridgehead atoms. The summed E-state index contributed by atoms with van der Waals surface area (Å²) in [6.45, 7) is 1.89. The molecule has 0 aliphatic rings. The first-order valence-corrected chi connectivity index (χ1v) is 6.52. The van der Waals surface area contributed by atoms with Crippen LogP contribution in [0.3, 0.4) is 0 Å². The van der Waals surface area contributed by atoms with Crippen LogP contribution in [0.4, 0.5) is 5.82 Å². The average molecular weight is 282 g/mol. The standard InChI is InChI=1S/C15H14N4O2/c1-11-7-14(18-21-11)17-15(20)10-19-9-13(8-16-19)12-5-3-2-4-6-12/h2-9H,10H2,1H3,(H,17,18,20). The summed E-state index contributed by atoms with van der Waals surface area (Å²) in [4.78, 5) is 11.9. The van der Waals surface area contributed by atoms with Crippen LogP contribution in [0.1, 0.15) is 5.76 Å².